The summed E-state index contributed by atoms with van der Waals surface area (Å²) in [5.74, 6) is 0.637. The Balaban J connectivity index is 1.75. The molecule has 0 aliphatic heterocycles. The quantitative estimate of drug-likeness (QED) is 0.533. The van der Waals surface area contributed by atoms with E-state index < -0.39 is 0 Å². The molecule has 1 aromatic carbocycles. The van der Waals surface area contributed by atoms with Gasteiger partial charge in [-0.15, -0.1) is 0 Å². The third-order valence-electron chi connectivity index (χ3n) is 4.03. The van der Waals surface area contributed by atoms with Crippen LogP contribution >= 0.6 is 15.9 Å². The number of aliphatic imine (C=N–C) groups is 1. The van der Waals surface area contributed by atoms with Crippen molar-refractivity contribution in [2.24, 2.45) is 12.0 Å². The van der Waals surface area contributed by atoms with E-state index in [1.807, 2.05) is 43.4 Å². The minimum atomic E-state index is -0.0444. The van der Waals surface area contributed by atoms with Crippen LogP contribution in [0.3, 0.4) is 0 Å². The largest absolute Gasteiger partial charge is 0.354 e. The van der Waals surface area contributed by atoms with Gasteiger partial charge in [0.25, 0.3) is 0 Å². The van der Waals surface area contributed by atoms with Crippen LogP contribution in [0.2, 0.25) is 0 Å². The fourth-order valence-corrected chi connectivity index (χ4v) is 3.21. The minimum absolute atomic E-state index is 0.0444. The Bertz CT molecular complexity index is 742. The van der Waals surface area contributed by atoms with E-state index in [1.165, 1.54) is 5.56 Å². The van der Waals surface area contributed by atoms with Crippen molar-refractivity contribution >= 4 is 27.8 Å². The lowest BCUT2D eigenvalue weighted by atomic mass is 10.1. The molecule has 0 saturated heterocycles. The number of carbonyl (C=O) groups excluding carboxylic acids is 1. The summed E-state index contributed by atoms with van der Waals surface area (Å²) in [5.41, 5.74) is 2.36. The molecule has 6 nitrogen and oxygen atoms in total. The van der Waals surface area contributed by atoms with Crippen LogP contribution in [0.15, 0.2) is 52.1 Å². The van der Waals surface area contributed by atoms with Crippen molar-refractivity contribution in [3.63, 3.8) is 0 Å². The number of guanidine groups is 1. The van der Waals surface area contributed by atoms with Crippen LogP contribution in [0.5, 0.6) is 0 Å². The van der Waals surface area contributed by atoms with Gasteiger partial charge in [0.1, 0.15) is 0 Å². The first-order valence-electron chi connectivity index (χ1n) is 8.52. The van der Waals surface area contributed by atoms with Crippen molar-refractivity contribution in [2.45, 2.75) is 13.0 Å². The van der Waals surface area contributed by atoms with Gasteiger partial charge < -0.3 is 20.1 Å². The van der Waals surface area contributed by atoms with Crippen LogP contribution in [0.25, 0.3) is 0 Å². The second-order valence-corrected chi connectivity index (χ2v) is 7.02. The first kappa shape index (κ1) is 20.0. The Labute approximate surface area is 163 Å². The lowest BCUT2D eigenvalue weighted by Crippen LogP contribution is -2.44. The maximum atomic E-state index is 12.0. The van der Waals surface area contributed by atoms with Gasteiger partial charge in [-0.3, -0.25) is 9.79 Å². The topological polar surface area (TPSA) is 61.7 Å². The van der Waals surface area contributed by atoms with Gasteiger partial charge in [-0.25, -0.2) is 0 Å². The zero-order chi connectivity index (χ0) is 18.9. The van der Waals surface area contributed by atoms with Crippen LogP contribution in [-0.2, 0) is 24.8 Å². The molecule has 0 bridgehead atoms. The highest BCUT2D eigenvalue weighted by Gasteiger charge is 2.11. The molecule has 26 heavy (non-hydrogen) atoms. The van der Waals surface area contributed by atoms with Crippen LogP contribution in [0.4, 0.5) is 0 Å². The van der Waals surface area contributed by atoms with Crippen LogP contribution in [-0.4, -0.2) is 48.5 Å². The molecule has 0 spiro atoms. The Morgan fingerprint density at radius 1 is 1.27 bits per heavy atom. The molecule has 2 N–H and O–H groups in total. The number of hydrogen-bond acceptors (Lipinski definition) is 2. The molecule has 2 aromatic rings. The summed E-state index contributed by atoms with van der Waals surface area (Å²) in [6.07, 6.45) is 2.84. The zero-order valence-electron chi connectivity index (χ0n) is 15.5. The Morgan fingerprint density at radius 3 is 2.62 bits per heavy atom. The maximum absolute atomic E-state index is 12.0. The molecule has 2 rings (SSSR count). The van der Waals surface area contributed by atoms with Crippen molar-refractivity contribution < 1.29 is 4.79 Å². The second-order valence-electron chi connectivity index (χ2n) is 6.10. The standard InChI is InChI=1S/C19H26BrN5O/c1-21-19(25(3)14-17-11-16(20)13-24(17)2)23-12-18(26)22-10-9-15-7-5-4-6-8-15/h4-8,11,13H,9-10,12,14H2,1-3H3,(H,21,23)(H,22,26). The smallest absolute Gasteiger partial charge is 0.239 e. The second kappa shape index (κ2) is 10.0. The number of aromatic nitrogens is 1. The lowest BCUT2D eigenvalue weighted by Gasteiger charge is -2.22. The molecular weight excluding hydrogens is 394 g/mol. The molecule has 0 atom stereocenters. The molecule has 0 unspecified atom stereocenters. The summed E-state index contributed by atoms with van der Waals surface area (Å²) in [6, 6.07) is 12.2. The molecule has 0 fully saturated rings. The van der Waals surface area contributed by atoms with E-state index in [-0.39, 0.29) is 12.5 Å². The number of aryl methyl sites for hydroxylation is 1. The number of carbonyl (C=O) groups is 1. The van der Waals surface area contributed by atoms with Gasteiger partial charge in [-0.2, -0.15) is 0 Å². The van der Waals surface area contributed by atoms with Gasteiger partial charge in [0.2, 0.25) is 5.91 Å². The molecule has 0 aliphatic rings. The fraction of sp³-hybridized carbons (Fsp3) is 0.368. The van der Waals surface area contributed by atoms with E-state index in [4.69, 9.17) is 0 Å². The summed E-state index contributed by atoms with van der Waals surface area (Å²) in [5, 5.41) is 6.03. The number of rotatable bonds is 7. The normalized spacial score (nSPS) is 11.3. The average Bonchev–Trinajstić information content (AvgIpc) is 2.93. The summed E-state index contributed by atoms with van der Waals surface area (Å²) in [6.45, 7) is 1.51. The van der Waals surface area contributed by atoms with Crippen molar-refractivity contribution in [1.29, 1.82) is 0 Å². The van der Waals surface area contributed by atoms with Gasteiger partial charge in [0.05, 0.1) is 13.1 Å². The summed E-state index contributed by atoms with van der Waals surface area (Å²) in [4.78, 5) is 18.3. The molecule has 1 amide bonds. The van der Waals surface area contributed by atoms with Crippen molar-refractivity contribution in [3.8, 4) is 0 Å². The molecule has 0 radical (unpaired) electrons. The Morgan fingerprint density at radius 2 is 2.00 bits per heavy atom. The minimum Gasteiger partial charge on any atom is -0.354 e. The lowest BCUT2D eigenvalue weighted by molar-refractivity contribution is -0.120. The number of nitrogens with zero attached hydrogens (tertiary/aromatic N) is 3. The highest BCUT2D eigenvalue weighted by molar-refractivity contribution is 9.10. The van der Waals surface area contributed by atoms with Gasteiger partial charge in [-0.1, -0.05) is 30.3 Å². The average molecular weight is 420 g/mol. The fourth-order valence-electron chi connectivity index (χ4n) is 2.64. The number of halogens is 1. The van der Waals surface area contributed by atoms with Crippen LogP contribution in [0, 0.1) is 0 Å². The molecule has 0 aliphatic carbocycles. The number of benzene rings is 1. The van der Waals surface area contributed by atoms with E-state index in [1.54, 1.807) is 7.05 Å². The maximum Gasteiger partial charge on any atom is 0.239 e. The molecule has 0 saturated carbocycles. The van der Waals surface area contributed by atoms with E-state index in [9.17, 15) is 4.79 Å². The first-order valence-corrected chi connectivity index (χ1v) is 9.32. The molecule has 1 aromatic heterocycles. The van der Waals surface area contributed by atoms with Crippen LogP contribution in [0.1, 0.15) is 11.3 Å². The van der Waals surface area contributed by atoms with E-state index >= 15 is 0 Å². The van der Waals surface area contributed by atoms with Gasteiger partial charge in [0, 0.05) is 44.1 Å². The predicted octanol–water partition coefficient (Wildman–Crippen LogP) is 2.15. The first-order chi connectivity index (χ1) is 12.5. The number of amides is 1. The third-order valence-corrected chi connectivity index (χ3v) is 4.47. The van der Waals surface area contributed by atoms with Crippen molar-refractivity contribution in [3.05, 3.63) is 58.3 Å². The zero-order valence-corrected chi connectivity index (χ0v) is 17.1. The van der Waals surface area contributed by atoms with Gasteiger partial charge in [-0.05, 0) is 34.0 Å². The third kappa shape index (κ3) is 6.22. The summed E-state index contributed by atoms with van der Waals surface area (Å²) >= 11 is 3.48. The van der Waals surface area contributed by atoms with E-state index in [2.05, 4.69) is 54.3 Å². The molecule has 140 valence electrons. The van der Waals surface area contributed by atoms with Crippen molar-refractivity contribution in [2.75, 3.05) is 27.2 Å². The van der Waals surface area contributed by atoms with Crippen molar-refractivity contribution in [1.82, 2.24) is 20.1 Å². The highest BCUT2D eigenvalue weighted by atomic mass is 79.9. The monoisotopic (exact) mass is 419 g/mol. The van der Waals surface area contributed by atoms with Gasteiger partial charge >= 0.3 is 0 Å². The number of hydrogen-bond donors (Lipinski definition) is 2. The van der Waals surface area contributed by atoms with E-state index in [0.29, 0.717) is 19.0 Å². The van der Waals surface area contributed by atoms with Gasteiger partial charge in [0.15, 0.2) is 5.96 Å². The highest BCUT2D eigenvalue weighted by Crippen LogP contribution is 2.14. The Hall–Kier alpha value is -2.28. The number of nitrogens with one attached hydrogen (secondary N) is 2. The summed E-state index contributed by atoms with van der Waals surface area (Å²) in [7, 11) is 5.67. The predicted molar refractivity (Wildman–Crippen MR) is 109 cm³/mol. The SMILES string of the molecule is CN=C(NCC(=O)NCCc1ccccc1)N(C)Cc1cc(Br)cn1C. The molecule has 7 heteroatoms. The Kier molecular flexibility index (Phi) is 7.72. The van der Waals surface area contributed by atoms with E-state index in [0.717, 1.165) is 16.6 Å². The van der Waals surface area contributed by atoms with Crippen LogP contribution < -0.4 is 10.6 Å². The molecule has 1 heterocycles. The summed E-state index contributed by atoms with van der Waals surface area (Å²) < 4.78 is 3.11. The molecular formula is C19H26BrN5O.